The molecule has 0 spiro atoms. The minimum atomic E-state index is 0.0524. The van der Waals surface area contributed by atoms with Crippen molar-refractivity contribution in [2.24, 2.45) is 4.99 Å². The highest BCUT2D eigenvalue weighted by molar-refractivity contribution is 6.03. The third-order valence-electron chi connectivity index (χ3n) is 4.20. The van der Waals surface area contributed by atoms with Crippen LogP contribution in [0.2, 0.25) is 0 Å². The van der Waals surface area contributed by atoms with Crippen LogP contribution in [0, 0.1) is 0 Å². The molecule has 24 heavy (non-hydrogen) atoms. The molecule has 0 saturated heterocycles. The molecule has 3 aromatic carbocycles. The van der Waals surface area contributed by atoms with Gasteiger partial charge in [0.1, 0.15) is 5.75 Å². The van der Waals surface area contributed by atoms with E-state index in [0.717, 1.165) is 22.4 Å². The number of para-hydroxylation sites is 1. The van der Waals surface area contributed by atoms with Crippen molar-refractivity contribution in [3.63, 3.8) is 0 Å². The molecule has 0 bridgehead atoms. The number of benzene rings is 3. The molecule has 0 radical (unpaired) electrons. The Balaban J connectivity index is 2.13. The van der Waals surface area contributed by atoms with Gasteiger partial charge in [0.05, 0.1) is 12.8 Å². The zero-order valence-electron chi connectivity index (χ0n) is 14.7. The van der Waals surface area contributed by atoms with Crippen LogP contribution in [-0.2, 0) is 5.41 Å². The Morgan fingerprint density at radius 2 is 1.58 bits per heavy atom. The Bertz CT molecular complexity index is 888. The minimum Gasteiger partial charge on any atom is -0.496 e. The summed E-state index contributed by atoms with van der Waals surface area (Å²) in [6.07, 6.45) is 1.92. The summed E-state index contributed by atoms with van der Waals surface area (Å²) in [6.45, 7) is 6.62. The summed E-state index contributed by atoms with van der Waals surface area (Å²) in [5, 5.41) is 2.33. The molecular weight excluding hydrogens is 294 g/mol. The Morgan fingerprint density at radius 1 is 0.875 bits per heavy atom. The summed E-state index contributed by atoms with van der Waals surface area (Å²) in [6, 6.07) is 20.7. The summed E-state index contributed by atoms with van der Waals surface area (Å²) in [5.74, 6) is 0.839. The minimum absolute atomic E-state index is 0.0524. The van der Waals surface area contributed by atoms with E-state index in [2.05, 4.69) is 57.2 Å². The first-order valence-corrected chi connectivity index (χ1v) is 8.20. The molecule has 0 unspecified atom stereocenters. The molecular formula is C22H23NO. The number of ether oxygens (including phenoxy) is 1. The molecule has 0 N–H and O–H groups in total. The van der Waals surface area contributed by atoms with Crippen LogP contribution in [0.4, 0.5) is 5.69 Å². The fourth-order valence-electron chi connectivity index (χ4n) is 2.94. The second kappa shape index (κ2) is 6.48. The van der Waals surface area contributed by atoms with Gasteiger partial charge in [-0.05, 0) is 33.9 Å². The molecule has 0 aromatic heterocycles. The molecule has 0 aliphatic heterocycles. The molecule has 2 heteroatoms. The van der Waals surface area contributed by atoms with E-state index >= 15 is 0 Å². The quantitative estimate of drug-likeness (QED) is 0.551. The van der Waals surface area contributed by atoms with E-state index in [4.69, 9.17) is 9.73 Å². The maximum atomic E-state index is 5.55. The molecule has 3 aromatic rings. The van der Waals surface area contributed by atoms with Crippen LogP contribution in [0.1, 0.15) is 31.9 Å². The van der Waals surface area contributed by atoms with E-state index in [9.17, 15) is 0 Å². The molecule has 0 saturated carbocycles. The highest BCUT2D eigenvalue weighted by atomic mass is 16.5. The average Bonchev–Trinajstić information content (AvgIpc) is 2.59. The summed E-state index contributed by atoms with van der Waals surface area (Å²) >= 11 is 0. The summed E-state index contributed by atoms with van der Waals surface area (Å²) < 4.78 is 5.55. The summed E-state index contributed by atoms with van der Waals surface area (Å²) in [7, 11) is 1.70. The van der Waals surface area contributed by atoms with Gasteiger partial charge in [-0.1, -0.05) is 69.3 Å². The Kier molecular flexibility index (Phi) is 4.39. The average molecular weight is 317 g/mol. The van der Waals surface area contributed by atoms with Gasteiger partial charge in [0, 0.05) is 11.8 Å². The van der Waals surface area contributed by atoms with Crippen molar-refractivity contribution >= 4 is 22.7 Å². The molecule has 0 atom stereocenters. The van der Waals surface area contributed by atoms with Gasteiger partial charge in [-0.3, -0.25) is 4.99 Å². The molecule has 0 amide bonds. The normalized spacial score (nSPS) is 12.0. The van der Waals surface area contributed by atoms with Crippen LogP contribution >= 0.6 is 0 Å². The monoisotopic (exact) mass is 317 g/mol. The first-order valence-electron chi connectivity index (χ1n) is 8.20. The van der Waals surface area contributed by atoms with Gasteiger partial charge in [-0.15, -0.1) is 0 Å². The van der Waals surface area contributed by atoms with Gasteiger partial charge in [-0.25, -0.2) is 0 Å². The van der Waals surface area contributed by atoms with Crippen molar-refractivity contribution in [3.8, 4) is 5.75 Å². The molecule has 0 heterocycles. The number of fused-ring (bicyclic) bond motifs is 1. The van der Waals surface area contributed by atoms with E-state index in [1.807, 2.05) is 30.5 Å². The van der Waals surface area contributed by atoms with Crippen molar-refractivity contribution in [2.45, 2.75) is 26.2 Å². The lowest BCUT2D eigenvalue weighted by Crippen LogP contribution is -2.11. The molecule has 2 nitrogen and oxygen atoms in total. The van der Waals surface area contributed by atoms with Gasteiger partial charge in [-0.2, -0.15) is 0 Å². The van der Waals surface area contributed by atoms with Crippen molar-refractivity contribution in [1.29, 1.82) is 0 Å². The van der Waals surface area contributed by atoms with Crippen molar-refractivity contribution in [1.82, 2.24) is 0 Å². The summed E-state index contributed by atoms with van der Waals surface area (Å²) in [5.41, 5.74) is 3.30. The maximum absolute atomic E-state index is 5.55. The van der Waals surface area contributed by atoms with E-state index in [0.29, 0.717) is 0 Å². The molecule has 0 aliphatic rings. The zero-order valence-corrected chi connectivity index (χ0v) is 14.7. The zero-order chi connectivity index (χ0) is 17.2. The van der Waals surface area contributed by atoms with Crippen LogP contribution < -0.4 is 4.74 Å². The smallest absolute Gasteiger partial charge is 0.128 e. The van der Waals surface area contributed by atoms with E-state index < -0.39 is 0 Å². The maximum Gasteiger partial charge on any atom is 0.128 e. The SMILES string of the molecule is COc1ccc2ccccc2c1C=Nc1ccccc1C(C)(C)C. The first kappa shape index (κ1) is 16.3. The molecule has 3 rings (SSSR count). The van der Waals surface area contributed by atoms with Crippen molar-refractivity contribution in [2.75, 3.05) is 7.11 Å². The van der Waals surface area contributed by atoms with E-state index in [1.54, 1.807) is 7.11 Å². The number of aliphatic imine (C=N–C) groups is 1. The fraction of sp³-hybridized carbons (Fsp3) is 0.227. The second-order valence-electron chi connectivity index (χ2n) is 6.93. The van der Waals surface area contributed by atoms with Crippen LogP contribution in [0.15, 0.2) is 65.7 Å². The lowest BCUT2D eigenvalue weighted by atomic mass is 9.86. The summed E-state index contributed by atoms with van der Waals surface area (Å²) in [4.78, 5) is 4.80. The Labute approximate surface area is 143 Å². The predicted octanol–water partition coefficient (Wildman–Crippen LogP) is 5.90. The van der Waals surface area contributed by atoms with Crippen LogP contribution in [0.3, 0.4) is 0 Å². The standard InChI is InChI=1S/C22H23NO/c1-22(2,3)19-11-7-8-12-20(19)23-15-18-17-10-6-5-9-16(17)13-14-21(18)24-4/h5-15H,1-4H3. The Morgan fingerprint density at radius 3 is 2.33 bits per heavy atom. The lowest BCUT2D eigenvalue weighted by molar-refractivity contribution is 0.415. The van der Waals surface area contributed by atoms with Crippen molar-refractivity contribution < 1.29 is 4.74 Å². The topological polar surface area (TPSA) is 21.6 Å². The van der Waals surface area contributed by atoms with E-state index in [-0.39, 0.29) is 5.41 Å². The third kappa shape index (κ3) is 3.18. The molecule has 122 valence electrons. The first-order chi connectivity index (χ1) is 11.5. The predicted molar refractivity (Wildman–Crippen MR) is 103 cm³/mol. The number of hydrogen-bond donors (Lipinski definition) is 0. The highest BCUT2D eigenvalue weighted by Gasteiger charge is 2.17. The third-order valence-corrected chi connectivity index (χ3v) is 4.20. The number of hydrogen-bond acceptors (Lipinski definition) is 2. The lowest BCUT2D eigenvalue weighted by Gasteiger charge is -2.20. The van der Waals surface area contributed by atoms with Gasteiger partial charge >= 0.3 is 0 Å². The Hall–Kier alpha value is -2.61. The van der Waals surface area contributed by atoms with Crippen LogP contribution in [0.5, 0.6) is 5.75 Å². The molecule has 0 fully saturated rings. The van der Waals surface area contributed by atoms with Gasteiger partial charge in [0.15, 0.2) is 0 Å². The number of nitrogens with zero attached hydrogens (tertiary/aromatic N) is 1. The number of rotatable bonds is 3. The fourth-order valence-corrected chi connectivity index (χ4v) is 2.94. The van der Waals surface area contributed by atoms with Crippen LogP contribution in [-0.4, -0.2) is 13.3 Å². The van der Waals surface area contributed by atoms with Crippen LogP contribution in [0.25, 0.3) is 10.8 Å². The molecule has 0 aliphatic carbocycles. The van der Waals surface area contributed by atoms with E-state index in [1.165, 1.54) is 10.9 Å². The largest absolute Gasteiger partial charge is 0.496 e. The van der Waals surface area contributed by atoms with Gasteiger partial charge in [0.25, 0.3) is 0 Å². The van der Waals surface area contributed by atoms with Gasteiger partial charge in [0.2, 0.25) is 0 Å². The second-order valence-corrected chi connectivity index (χ2v) is 6.93. The number of methoxy groups -OCH3 is 1. The van der Waals surface area contributed by atoms with Gasteiger partial charge < -0.3 is 4.74 Å². The highest BCUT2D eigenvalue weighted by Crippen LogP contribution is 2.32. The van der Waals surface area contributed by atoms with Crippen molar-refractivity contribution in [3.05, 3.63) is 71.8 Å².